The lowest BCUT2D eigenvalue weighted by molar-refractivity contribution is -0.137. The van der Waals surface area contributed by atoms with E-state index in [4.69, 9.17) is 11.6 Å². The van der Waals surface area contributed by atoms with Gasteiger partial charge < -0.3 is 15.4 Å². The summed E-state index contributed by atoms with van der Waals surface area (Å²) in [6, 6.07) is 5.28. The Morgan fingerprint density at radius 1 is 1.09 bits per heavy atom. The number of carbonyl (C=O) groups excluding carboxylic acids is 3. The van der Waals surface area contributed by atoms with Crippen molar-refractivity contribution in [1.82, 2.24) is 10.6 Å². The van der Waals surface area contributed by atoms with E-state index < -0.39 is 52.5 Å². The molecule has 0 radical (unpaired) electrons. The number of ether oxygens (including phenoxy) is 1. The summed E-state index contributed by atoms with van der Waals surface area (Å²) in [5.74, 6) is -3.36. The first-order chi connectivity index (χ1) is 15.4. The SMILES string of the molecule is COC(=O)c1ccc(C(C)NC(=O)C2(NC(=O)c3cc(F)cc(C(F)(F)F)c3)CC2)c(Cl)c1. The van der Waals surface area contributed by atoms with Crippen LogP contribution in [0.2, 0.25) is 5.02 Å². The molecule has 2 amide bonds. The van der Waals surface area contributed by atoms with Gasteiger partial charge in [0, 0.05) is 10.6 Å². The first-order valence-electron chi connectivity index (χ1n) is 9.75. The van der Waals surface area contributed by atoms with Crippen LogP contribution in [-0.2, 0) is 15.7 Å². The first kappa shape index (κ1) is 24.5. The van der Waals surface area contributed by atoms with Crippen LogP contribution in [0.25, 0.3) is 0 Å². The third-order valence-electron chi connectivity index (χ3n) is 5.26. The van der Waals surface area contributed by atoms with Crippen LogP contribution < -0.4 is 10.6 Å². The van der Waals surface area contributed by atoms with E-state index in [0.717, 1.165) is 0 Å². The van der Waals surface area contributed by atoms with Gasteiger partial charge in [-0.2, -0.15) is 13.2 Å². The van der Waals surface area contributed by atoms with E-state index in [2.05, 4.69) is 15.4 Å². The maximum Gasteiger partial charge on any atom is 0.416 e. The molecular formula is C22H19ClF4N2O4. The second-order valence-corrected chi connectivity index (χ2v) is 8.09. The zero-order valence-electron chi connectivity index (χ0n) is 17.5. The molecule has 1 fully saturated rings. The van der Waals surface area contributed by atoms with Gasteiger partial charge in [-0.05, 0) is 55.7 Å². The smallest absolute Gasteiger partial charge is 0.416 e. The Kier molecular flexibility index (Phi) is 6.69. The van der Waals surface area contributed by atoms with Crippen molar-refractivity contribution in [3.05, 3.63) is 69.5 Å². The highest BCUT2D eigenvalue weighted by Crippen LogP contribution is 2.37. The quantitative estimate of drug-likeness (QED) is 0.467. The summed E-state index contributed by atoms with van der Waals surface area (Å²) in [6.45, 7) is 1.64. The number of alkyl halides is 3. The van der Waals surface area contributed by atoms with Crippen LogP contribution in [0.5, 0.6) is 0 Å². The highest BCUT2D eigenvalue weighted by Gasteiger charge is 2.51. The molecule has 1 aliphatic carbocycles. The molecule has 33 heavy (non-hydrogen) atoms. The predicted octanol–water partition coefficient (Wildman–Crippen LogP) is 4.42. The highest BCUT2D eigenvalue weighted by molar-refractivity contribution is 6.31. The molecule has 1 aliphatic rings. The molecule has 2 aromatic carbocycles. The lowest BCUT2D eigenvalue weighted by atomic mass is 10.0. The number of nitrogens with one attached hydrogen (secondary N) is 2. The van der Waals surface area contributed by atoms with Crippen LogP contribution in [0.3, 0.4) is 0 Å². The lowest BCUT2D eigenvalue weighted by Gasteiger charge is -2.22. The lowest BCUT2D eigenvalue weighted by Crippen LogP contribution is -2.49. The van der Waals surface area contributed by atoms with E-state index in [1.165, 1.54) is 19.2 Å². The Labute approximate surface area is 191 Å². The van der Waals surface area contributed by atoms with Gasteiger partial charge >= 0.3 is 12.1 Å². The van der Waals surface area contributed by atoms with Gasteiger partial charge in [-0.25, -0.2) is 9.18 Å². The summed E-state index contributed by atoms with van der Waals surface area (Å²) in [6.07, 6.45) is -4.31. The predicted molar refractivity (Wildman–Crippen MR) is 110 cm³/mol. The number of carbonyl (C=O) groups is 3. The van der Waals surface area contributed by atoms with Gasteiger partial charge in [0.2, 0.25) is 5.91 Å². The number of halogens is 5. The zero-order valence-corrected chi connectivity index (χ0v) is 18.2. The number of hydrogen-bond donors (Lipinski definition) is 2. The molecule has 1 saturated carbocycles. The van der Waals surface area contributed by atoms with Gasteiger partial charge in [0.15, 0.2) is 0 Å². The van der Waals surface area contributed by atoms with Crippen molar-refractivity contribution in [1.29, 1.82) is 0 Å². The molecular weight excluding hydrogens is 468 g/mol. The van der Waals surface area contributed by atoms with Gasteiger partial charge in [-0.1, -0.05) is 17.7 Å². The Bertz CT molecular complexity index is 1120. The standard InChI is InChI=1S/C22H19ClF4N2O4/c1-11(16-4-3-12(9-17(16)23)19(31)33-2)28-20(32)21(5-6-21)29-18(30)13-7-14(22(25,26)27)10-15(24)8-13/h3-4,7-11H,5-6H2,1-2H3,(H,28,32)(H,29,30). The number of rotatable bonds is 6. The minimum absolute atomic E-state index is 0.207. The summed E-state index contributed by atoms with van der Waals surface area (Å²) < 4.78 is 57.0. The summed E-state index contributed by atoms with van der Waals surface area (Å²) in [5, 5.41) is 5.32. The molecule has 176 valence electrons. The van der Waals surface area contributed by atoms with Crippen molar-refractivity contribution < 1.29 is 36.7 Å². The Balaban J connectivity index is 1.72. The summed E-state index contributed by atoms with van der Waals surface area (Å²) in [5.41, 5.74) is -2.45. The largest absolute Gasteiger partial charge is 0.465 e. The Morgan fingerprint density at radius 2 is 1.76 bits per heavy atom. The van der Waals surface area contributed by atoms with Crippen molar-refractivity contribution in [2.24, 2.45) is 0 Å². The Morgan fingerprint density at radius 3 is 2.30 bits per heavy atom. The molecule has 0 saturated heterocycles. The van der Waals surface area contributed by atoms with Crippen molar-refractivity contribution >= 4 is 29.4 Å². The molecule has 1 atom stereocenters. The fraction of sp³-hybridized carbons (Fsp3) is 0.318. The minimum atomic E-state index is -4.83. The molecule has 0 aromatic heterocycles. The van der Waals surface area contributed by atoms with Gasteiger partial charge in [0.25, 0.3) is 5.91 Å². The number of hydrogen-bond acceptors (Lipinski definition) is 4. The molecule has 0 bridgehead atoms. The van der Waals surface area contributed by atoms with E-state index in [-0.39, 0.29) is 29.5 Å². The van der Waals surface area contributed by atoms with Gasteiger partial charge in [-0.3, -0.25) is 9.59 Å². The van der Waals surface area contributed by atoms with Crippen molar-refractivity contribution in [2.45, 2.75) is 37.5 Å². The summed E-state index contributed by atoms with van der Waals surface area (Å²) >= 11 is 6.21. The van der Waals surface area contributed by atoms with Gasteiger partial charge in [-0.15, -0.1) is 0 Å². The average Bonchev–Trinajstić information content (AvgIpc) is 3.52. The Hall–Kier alpha value is -3.14. The third kappa shape index (κ3) is 5.44. The van der Waals surface area contributed by atoms with E-state index in [1.54, 1.807) is 13.0 Å². The number of methoxy groups -OCH3 is 1. The van der Waals surface area contributed by atoms with Crippen LogP contribution >= 0.6 is 11.6 Å². The maximum absolute atomic E-state index is 13.6. The van der Waals surface area contributed by atoms with Crippen LogP contribution in [0, 0.1) is 5.82 Å². The van der Waals surface area contributed by atoms with Crippen molar-refractivity contribution in [3.8, 4) is 0 Å². The van der Waals surface area contributed by atoms with Crippen LogP contribution in [0.1, 0.15) is 57.7 Å². The maximum atomic E-state index is 13.6. The van der Waals surface area contributed by atoms with E-state index in [1.807, 2.05) is 0 Å². The second kappa shape index (κ2) is 9.01. The van der Waals surface area contributed by atoms with E-state index in [9.17, 15) is 31.9 Å². The van der Waals surface area contributed by atoms with E-state index >= 15 is 0 Å². The molecule has 2 aromatic rings. The van der Waals surface area contributed by atoms with Gasteiger partial charge in [0.05, 0.1) is 24.3 Å². The van der Waals surface area contributed by atoms with Crippen molar-refractivity contribution in [2.75, 3.05) is 7.11 Å². The molecule has 3 rings (SSSR count). The summed E-state index contributed by atoms with van der Waals surface area (Å²) in [7, 11) is 1.23. The van der Waals surface area contributed by atoms with Crippen LogP contribution in [0.4, 0.5) is 17.6 Å². The van der Waals surface area contributed by atoms with E-state index in [0.29, 0.717) is 17.7 Å². The van der Waals surface area contributed by atoms with Crippen LogP contribution in [-0.4, -0.2) is 30.4 Å². The number of esters is 1. The average molecular weight is 487 g/mol. The van der Waals surface area contributed by atoms with Crippen molar-refractivity contribution in [3.63, 3.8) is 0 Å². The first-order valence-corrected chi connectivity index (χ1v) is 10.1. The normalized spacial score (nSPS) is 15.4. The molecule has 1 unspecified atom stereocenters. The van der Waals surface area contributed by atoms with Gasteiger partial charge in [0.1, 0.15) is 11.4 Å². The fourth-order valence-corrected chi connectivity index (χ4v) is 3.59. The topological polar surface area (TPSA) is 84.5 Å². The minimum Gasteiger partial charge on any atom is -0.465 e. The molecule has 0 aliphatic heterocycles. The summed E-state index contributed by atoms with van der Waals surface area (Å²) in [4.78, 5) is 36.9. The number of amides is 2. The molecule has 2 N–H and O–H groups in total. The number of benzene rings is 2. The third-order valence-corrected chi connectivity index (χ3v) is 5.59. The highest BCUT2D eigenvalue weighted by atomic mass is 35.5. The second-order valence-electron chi connectivity index (χ2n) is 7.69. The fourth-order valence-electron chi connectivity index (χ4n) is 3.24. The van der Waals surface area contributed by atoms with Crippen LogP contribution in [0.15, 0.2) is 36.4 Å². The molecule has 0 spiro atoms. The zero-order chi connectivity index (χ0) is 24.6. The molecule has 11 heteroatoms. The molecule has 0 heterocycles. The monoisotopic (exact) mass is 486 g/mol. The molecule has 6 nitrogen and oxygen atoms in total.